The van der Waals surface area contributed by atoms with Gasteiger partial charge < -0.3 is 5.32 Å². The predicted molar refractivity (Wildman–Crippen MR) is 89.2 cm³/mol. The lowest BCUT2D eigenvalue weighted by Crippen LogP contribution is -2.21. The first kappa shape index (κ1) is 15.1. The average Bonchev–Trinajstić information content (AvgIpc) is 2.45. The van der Waals surface area contributed by atoms with Crippen LogP contribution in [0.4, 0.5) is 0 Å². The van der Waals surface area contributed by atoms with E-state index in [-0.39, 0.29) is 0 Å². The zero-order chi connectivity index (χ0) is 14.4. The molecule has 0 saturated carbocycles. The SMILES string of the molecule is Cc1ccc(CSc2cccc(CNC(C)C)c2)cc1. The van der Waals surface area contributed by atoms with E-state index in [1.165, 1.54) is 21.6 Å². The number of hydrogen-bond donors (Lipinski definition) is 1. The van der Waals surface area contributed by atoms with Crippen LogP contribution in [0.25, 0.3) is 0 Å². The second-order valence-corrected chi connectivity index (χ2v) is 6.51. The Morgan fingerprint density at radius 2 is 1.75 bits per heavy atom. The van der Waals surface area contributed by atoms with Gasteiger partial charge in [-0.15, -0.1) is 11.8 Å². The Labute approximate surface area is 126 Å². The molecule has 0 radical (unpaired) electrons. The van der Waals surface area contributed by atoms with Crippen molar-refractivity contribution >= 4 is 11.8 Å². The van der Waals surface area contributed by atoms with Crippen molar-refractivity contribution in [2.45, 2.75) is 44.0 Å². The molecule has 0 aliphatic rings. The molecule has 0 fully saturated rings. The van der Waals surface area contributed by atoms with E-state index in [0.717, 1.165) is 12.3 Å². The standard InChI is InChI=1S/C18H23NS/c1-14(2)19-12-17-5-4-6-18(11-17)20-13-16-9-7-15(3)8-10-16/h4-11,14,19H,12-13H2,1-3H3. The number of rotatable bonds is 6. The Kier molecular flexibility index (Phi) is 5.69. The molecule has 0 aliphatic heterocycles. The van der Waals surface area contributed by atoms with E-state index in [1.807, 2.05) is 11.8 Å². The van der Waals surface area contributed by atoms with Crippen molar-refractivity contribution in [3.05, 3.63) is 65.2 Å². The van der Waals surface area contributed by atoms with Gasteiger partial charge in [-0.1, -0.05) is 55.8 Å². The highest BCUT2D eigenvalue weighted by molar-refractivity contribution is 7.98. The van der Waals surface area contributed by atoms with Gasteiger partial charge in [-0.05, 0) is 30.2 Å². The molecule has 2 aromatic rings. The molecule has 0 amide bonds. The summed E-state index contributed by atoms with van der Waals surface area (Å²) in [5.74, 6) is 1.03. The van der Waals surface area contributed by atoms with Gasteiger partial charge in [0.2, 0.25) is 0 Å². The van der Waals surface area contributed by atoms with Gasteiger partial charge in [-0.2, -0.15) is 0 Å². The molecule has 0 atom stereocenters. The molecule has 2 rings (SSSR count). The summed E-state index contributed by atoms with van der Waals surface area (Å²) >= 11 is 1.90. The van der Waals surface area contributed by atoms with Crippen LogP contribution in [0.5, 0.6) is 0 Å². The van der Waals surface area contributed by atoms with E-state index in [9.17, 15) is 0 Å². The number of hydrogen-bond acceptors (Lipinski definition) is 2. The molecule has 0 heterocycles. The third-order valence-corrected chi connectivity index (χ3v) is 4.20. The van der Waals surface area contributed by atoms with Gasteiger partial charge in [0.1, 0.15) is 0 Å². The largest absolute Gasteiger partial charge is 0.310 e. The van der Waals surface area contributed by atoms with Crippen LogP contribution in [0, 0.1) is 6.92 Å². The molecule has 0 aliphatic carbocycles. The van der Waals surface area contributed by atoms with Gasteiger partial charge in [0.05, 0.1) is 0 Å². The summed E-state index contributed by atoms with van der Waals surface area (Å²) in [6.07, 6.45) is 0. The second-order valence-electron chi connectivity index (χ2n) is 5.46. The summed E-state index contributed by atoms with van der Waals surface area (Å²) in [4.78, 5) is 1.34. The molecular weight excluding hydrogens is 262 g/mol. The first-order valence-electron chi connectivity index (χ1n) is 7.14. The van der Waals surface area contributed by atoms with E-state index >= 15 is 0 Å². The van der Waals surface area contributed by atoms with Crippen LogP contribution in [0.3, 0.4) is 0 Å². The maximum absolute atomic E-state index is 3.46. The molecule has 106 valence electrons. The lowest BCUT2D eigenvalue weighted by atomic mass is 10.2. The lowest BCUT2D eigenvalue weighted by Gasteiger charge is -2.09. The van der Waals surface area contributed by atoms with Gasteiger partial charge in [0, 0.05) is 23.2 Å². The molecule has 1 nitrogen and oxygen atoms in total. The summed E-state index contributed by atoms with van der Waals surface area (Å²) < 4.78 is 0. The Morgan fingerprint density at radius 3 is 2.45 bits per heavy atom. The van der Waals surface area contributed by atoms with Crippen molar-refractivity contribution in [1.29, 1.82) is 0 Å². The molecular formula is C18H23NS. The number of nitrogens with one attached hydrogen (secondary N) is 1. The lowest BCUT2D eigenvalue weighted by molar-refractivity contribution is 0.588. The fraction of sp³-hybridized carbons (Fsp3) is 0.333. The highest BCUT2D eigenvalue weighted by Crippen LogP contribution is 2.23. The van der Waals surface area contributed by atoms with E-state index in [4.69, 9.17) is 0 Å². The molecule has 0 spiro atoms. The Bertz CT molecular complexity index is 531. The molecule has 0 bridgehead atoms. The van der Waals surface area contributed by atoms with Crippen LogP contribution >= 0.6 is 11.8 Å². The zero-order valence-electron chi connectivity index (χ0n) is 12.5. The first-order chi connectivity index (χ1) is 9.63. The van der Waals surface area contributed by atoms with Crippen molar-refractivity contribution in [3.63, 3.8) is 0 Å². The number of aryl methyl sites for hydroxylation is 1. The monoisotopic (exact) mass is 285 g/mol. The minimum Gasteiger partial charge on any atom is -0.310 e. The maximum Gasteiger partial charge on any atom is 0.0231 e. The Hall–Kier alpha value is -1.25. The van der Waals surface area contributed by atoms with Gasteiger partial charge in [0.25, 0.3) is 0 Å². The van der Waals surface area contributed by atoms with E-state index in [0.29, 0.717) is 6.04 Å². The smallest absolute Gasteiger partial charge is 0.0231 e. The topological polar surface area (TPSA) is 12.0 Å². The van der Waals surface area contributed by atoms with Crippen molar-refractivity contribution in [2.75, 3.05) is 0 Å². The third-order valence-electron chi connectivity index (χ3n) is 3.14. The predicted octanol–water partition coefficient (Wildman–Crippen LogP) is 4.79. The van der Waals surface area contributed by atoms with E-state index in [2.05, 4.69) is 74.6 Å². The first-order valence-corrected chi connectivity index (χ1v) is 8.13. The minimum absolute atomic E-state index is 0.527. The summed E-state index contributed by atoms with van der Waals surface area (Å²) in [7, 11) is 0. The number of thioether (sulfide) groups is 1. The molecule has 2 heteroatoms. The molecule has 2 aromatic carbocycles. The highest BCUT2D eigenvalue weighted by atomic mass is 32.2. The fourth-order valence-corrected chi connectivity index (χ4v) is 2.85. The van der Waals surface area contributed by atoms with E-state index in [1.54, 1.807) is 0 Å². The van der Waals surface area contributed by atoms with Crippen LogP contribution in [-0.4, -0.2) is 6.04 Å². The summed E-state index contributed by atoms with van der Waals surface area (Å²) in [6.45, 7) is 7.42. The van der Waals surface area contributed by atoms with Crippen LogP contribution in [0.15, 0.2) is 53.4 Å². The molecule has 1 N–H and O–H groups in total. The van der Waals surface area contributed by atoms with E-state index < -0.39 is 0 Å². The zero-order valence-corrected chi connectivity index (χ0v) is 13.3. The molecule has 0 aromatic heterocycles. The Morgan fingerprint density at radius 1 is 1.00 bits per heavy atom. The van der Waals surface area contributed by atoms with Crippen molar-refractivity contribution < 1.29 is 0 Å². The van der Waals surface area contributed by atoms with Gasteiger partial charge in [-0.25, -0.2) is 0 Å². The third kappa shape index (κ3) is 5.03. The second kappa shape index (κ2) is 7.51. The van der Waals surface area contributed by atoms with Gasteiger partial charge in [0.15, 0.2) is 0 Å². The van der Waals surface area contributed by atoms with Crippen LogP contribution in [-0.2, 0) is 12.3 Å². The van der Waals surface area contributed by atoms with Crippen molar-refractivity contribution in [3.8, 4) is 0 Å². The van der Waals surface area contributed by atoms with Crippen LogP contribution in [0.2, 0.25) is 0 Å². The fourth-order valence-electron chi connectivity index (χ4n) is 1.92. The molecule has 0 unspecified atom stereocenters. The van der Waals surface area contributed by atoms with Gasteiger partial charge in [-0.3, -0.25) is 0 Å². The number of benzene rings is 2. The Balaban J connectivity index is 1.92. The normalized spacial score (nSPS) is 11.0. The quantitative estimate of drug-likeness (QED) is 0.766. The van der Waals surface area contributed by atoms with Gasteiger partial charge >= 0.3 is 0 Å². The van der Waals surface area contributed by atoms with Crippen LogP contribution < -0.4 is 5.32 Å². The van der Waals surface area contributed by atoms with Crippen molar-refractivity contribution in [1.82, 2.24) is 5.32 Å². The van der Waals surface area contributed by atoms with Crippen molar-refractivity contribution in [2.24, 2.45) is 0 Å². The molecule has 20 heavy (non-hydrogen) atoms. The summed E-state index contributed by atoms with van der Waals surface area (Å²) in [6, 6.07) is 18.1. The maximum atomic E-state index is 3.46. The van der Waals surface area contributed by atoms with Crippen LogP contribution in [0.1, 0.15) is 30.5 Å². The average molecular weight is 285 g/mol. The highest BCUT2D eigenvalue weighted by Gasteiger charge is 2.00. The molecule has 0 saturated heterocycles. The minimum atomic E-state index is 0.527. The summed E-state index contributed by atoms with van der Waals surface area (Å²) in [5.41, 5.74) is 4.06. The summed E-state index contributed by atoms with van der Waals surface area (Å²) in [5, 5.41) is 3.46.